The minimum atomic E-state index is -0.625. The number of halogens is 2. The predicted octanol–water partition coefficient (Wildman–Crippen LogP) is 2.99. The van der Waals surface area contributed by atoms with Crippen LogP contribution in [0.15, 0.2) is 30.6 Å². The van der Waals surface area contributed by atoms with Crippen molar-refractivity contribution in [2.75, 3.05) is 25.1 Å². The van der Waals surface area contributed by atoms with Crippen LogP contribution in [-0.2, 0) is 4.74 Å². The molecule has 0 aliphatic carbocycles. The Hall–Kier alpha value is -1.95. The number of hydrogen-bond acceptors (Lipinski definition) is 3. The van der Waals surface area contributed by atoms with E-state index in [2.05, 4.69) is 10.3 Å². The van der Waals surface area contributed by atoms with E-state index in [9.17, 15) is 8.78 Å². The fraction of sp³-hybridized carbons (Fsp3) is 0.357. The number of rotatable bonds is 7. The van der Waals surface area contributed by atoms with E-state index in [0.717, 1.165) is 12.5 Å². The van der Waals surface area contributed by atoms with Gasteiger partial charge in [0.2, 0.25) is 5.95 Å². The maximum Gasteiger partial charge on any atom is 0.207 e. The highest BCUT2D eigenvalue weighted by atomic mass is 19.1. The van der Waals surface area contributed by atoms with Crippen LogP contribution in [0.25, 0.3) is 5.69 Å². The standard InChI is InChI=1S/C14H17F2N3O/c1-2-20-9-3-6-17-14-18-7-8-19(14)13-5-4-11(15)10-12(13)16/h4-5,7-8,10H,2-3,6,9H2,1H3,(H,17,18). The van der Waals surface area contributed by atoms with Crippen molar-refractivity contribution < 1.29 is 13.5 Å². The number of imidazole rings is 1. The Morgan fingerprint density at radius 2 is 2.20 bits per heavy atom. The third-order valence-corrected chi connectivity index (χ3v) is 2.76. The predicted molar refractivity (Wildman–Crippen MR) is 73.1 cm³/mol. The molecule has 2 rings (SSSR count). The maximum absolute atomic E-state index is 13.7. The molecule has 0 spiro atoms. The molecule has 0 fully saturated rings. The molecule has 4 nitrogen and oxygen atoms in total. The molecular formula is C14H17F2N3O. The van der Waals surface area contributed by atoms with E-state index in [-0.39, 0.29) is 5.69 Å². The van der Waals surface area contributed by atoms with Crippen LogP contribution < -0.4 is 5.32 Å². The molecule has 108 valence electrons. The van der Waals surface area contributed by atoms with E-state index in [1.165, 1.54) is 12.1 Å². The summed E-state index contributed by atoms with van der Waals surface area (Å²) in [6, 6.07) is 3.46. The summed E-state index contributed by atoms with van der Waals surface area (Å²) >= 11 is 0. The van der Waals surface area contributed by atoms with Crippen LogP contribution in [0.3, 0.4) is 0 Å². The summed E-state index contributed by atoms with van der Waals surface area (Å²) in [4.78, 5) is 4.12. The van der Waals surface area contributed by atoms with Gasteiger partial charge in [0.15, 0.2) is 0 Å². The first-order chi connectivity index (χ1) is 9.72. The normalized spacial score (nSPS) is 10.8. The first-order valence-electron chi connectivity index (χ1n) is 6.52. The molecule has 1 heterocycles. The van der Waals surface area contributed by atoms with Crippen LogP contribution in [0.1, 0.15) is 13.3 Å². The fourth-order valence-electron chi connectivity index (χ4n) is 1.82. The van der Waals surface area contributed by atoms with E-state index < -0.39 is 11.6 Å². The van der Waals surface area contributed by atoms with Gasteiger partial charge in [-0.2, -0.15) is 0 Å². The van der Waals surface area contributed by atoms with Crippen LogP contribution >= 0.6 is 0 Å². The molecular weight excluding hydrogens is 264 g/mol. The van der Waals surface area contributed by atoms with Gasteiger partial charge in [0.1, 0.15) is 11.6 Å². The molecule has 0 amide bonds. The van der Waals surface area contributed by atoms with Crippen molar-refractivity contribution >= 4 is 5.95 Å². The Kier molecular flexibility index (Phi) is 5.06. The number of anilines is 1. The second-order valence-corrected chi connectivity index (χ2v) is 4.19. The Morgan fingerprint density at radius 1 is 1.35 bits per heavy atom. The number of hydrogen-bond donors (Lipinski definition) is 1. The summed E-state index contributed by atoms with van der Waals surface area (Å²) in [6.45, 7) is 3.96. The molecule has 0 radical (unpaired) electrons. The van der Waals surface area contributed by atoms with E-state index in [0.29, 0.717) is 25.7 Å². The van der Waals surface area contributed by atoms with Gasteiger partial charge >= 0.3 is 0 Å². The van der Waals surface area contributed by atoms with Crippen molar-refractivity contribution in [3.63, 3.8) is 0 Å². The minimum absolute atomic E-state index is 0.260. The van der Waals surface area contributed by atoms with Gasteiger partial charge in [-0.25, -0.2) is 13.8 Å². The van der Waals surface area contributed by atoms with E-state index in [1.807, 2.05) is 6.92 Å². The van der Waals surface area contributed by atoms with Gasteiger partial charge in [-0.05, 0) is 25.5 Å². The fourth-order valence-corrected chi connectivity index (χ4v) is 1.82. The van der Waals surface area contributed by atoms with Crippen molar-refractivity contribution in [3.8, 4) is 5.69 Å². The molecule has 0 saturated carbocycles. The first-order valence-corrected chi connectivity index (χ1v) is 6.52. The number of benzene rings is 1. The van der Waals surface area contributed by atoms with E-state index >= 15 is 0 Å². The quantitative estimate of drug-likeness (QED) is 0.793. The second kappa shape index (κ2) is 7.00. The van der Waals surface area contributed by atoms with Gasteiger partial charge in [-0.3, -0.25) is 4.57 Å². The van der Waals surface area contributed by atoms with Crippen molar-refractivity contribution in [2.24, 2.45) is 0 Å². The van der Waals surface area contributed by atoms with Crippen LogP contribution in [0, 0.1) is 11.6 Å². The van der Waals surface area contributed by atoms with Crippen LogP contribution in [0.4, 0.5) is 14.7 Å². The number of nitrogens with zero attached hydrogens (tertiary/aromatic N) is 2. The van der Waals surface area contributed by atoms with Gasteiger partial charge in [0, 0.05) is 38.2 Å². The van der Waals surface area contributed by atoms with Crippen molar-refractivity contribution in [1.29, 1.82) is 0 Å². The van der Waals surface area contributed by atoms with Gasteiger partial charge < -0.3 is 10.1 Å². The zero-order chi connectivity index (χ0) is 14.4. The molecule has 0 aliphatic rings. The monoisotopic (exact) mass is 281 g/mol. The summed E-state index contributed by atoms with van der Waals surface area (Å²) in [7, 11) is 0. The smallest absolute Gasteiger partial charge is 0.207 e. The zero-order valence-electron chi connectivity index (χ0n) is 11.3. The Labute approximate surface area is 116 Å². The molecule has 1 aromatic heterocycles. The summed E-state index contributed by atoms with van der Waals surface area (Å²) in [6.07, 6.45) is 4.02. The van der Waals surface area contributed by atoms with Gasteiger partial charge in [-0.15, -0.1) is 0 Å². The molecule has 20 heavy (non-hydrogen) atoms. The Balaban J connectivity index is 2.04. The van der Waals surface area contributed by atoms with Gasteiger partial charge in [-0.1, -0.05) is 0 Å². The number of ether oxygens (including phenoxy) is 1. The topological polar surface area (TPSA) is 39.1 Å². The molecule has 0 bridgehead atoms. The lowest BCUT2D eigenvalue weighted by Crippen LogP contribution is -2.10. The summed E-state index contributed by atoms with van der Waals surface area (Å²) in [5, 5.41) is 3.10. The summed E-state index contributed by atoms with van der Waals surface area (Å²) in [5.74, 6) is -0.704. The number of aromatic nitrogens is 2. The first kappa shape index (κ1) is 14.5. The van der Waals surface area contributed by atoms with Crippen molar-refractivity contribution in [3.05, 3.63) is 42.2 Å². The molecule has 1 aromatic carbocycles. The summed E-state index contributed by atoms with van der Waals surface area (Å²) in [5.41, 5.74) is 0.260. The summed E-state index contributed by atoms with van der Waals surface area (Å²) < 4.78 is 33.4. The Morgan fingerprint density at radius 3 is 2.95 bits per heavy atom. The molecule has 0 saturated heterocycles. The van der Waals surface area contributed by atoms with Gasteiger partial charge in [0.25, 0.3) is 0 Å². The van der Waals surface area contributed by atoms with Crippen LogP contribution in [-0.4, -0.2) is 29.3 Å². The van der Waals surface area contributed by atoms with E-state index in [4.69, 9.17) is 4.74 Å². The lowest BCUT2D eigenvalue weighted by molar-refractivity contribution is 0.147. The van der Waals surface area contributed by atoms with Crippen LogP contribution in [0.5, 0.6) is 0 Å². The van der Waals surface area contributed by atoms with Gasteiger partial charge in [0.05, 0.1) is 5.69 Å². The highest BCUT2D eigenvalue weighted by Crippen LogP contribution is 2.18. The molecule has 2 aromatic rings. The molecule has 0 aliphatic heterocycles. The minimum Gasteiger partial charge on any atom is -0.382 e. The lowest BCUT2D eigenvalue weighted by atomic mass is 10.3. The Bertz CT molecular complexity index is 557. The highest BCUT2D eigenvalue weighted by molar-refractivity contribution is 5.42. The zero-order valence-corrected chi connectivity index (χ0v) is 11.3. The van der Waals surface area contributed by atoms with Crippen molar-refractivity contribution in [1.82, 2.24) is 9.55 Å². The third kappa shape index (κ3) is 3.54. The molecule has 1 N–H and O–H groups in total. The maximum atomic E-state index is 13.7. The second-order valence-electron chi connectivity index (χ2n) is 4.19. The molecule has 0 atom stereocenters. The average Bonchev–Trinajstić information content (AvgIpc) is 2.87. The largest absolute Gasteiger partial charge is 0.382 e. The van der Waals surface area contributed by atoms with Crippen LogP contribution in [0.2, 0.25) is 0 Å². The molecule has 6 heteroatoms. The van der Waals surface area contributed by atoms with E-state index in [1.54, 1.807) is 17.0 Å². The lowest BCUT2D eigenvalue weighted by Gasteiger charge is -2.10. The molecule has 0 unspecified atom stereocenters. The SMILES string of the molecule is CCOCCCNc1nccn1-c1ccc(F)cc1F. The number of nitrogens with one attached hydrogen (secondary N) is 1. The highest BCUT2D eigenvalue weighted by Gasteiger charge is 2.09. The van der Waals surface area contributed by atoms with Crippen molar-refractivity contribution in [2.45, 2.75) is 13.3 Å². The average molecular weight is 281 g/mol. The third-order valence-electron chi connectivity index (χ3n) is 2.76.